The third kappa shape index (κ3) is 2.83. The van der Waals surface area contributed by atoms with Crippen molar-refractivity contribution in [3.8, 4) is 0 Å². The normalized spacial score (nSPS) is 20.2. The van der Waals surface area contributed by atoms with Crippen LogP contribution in [0.1, 0.15) is 55.5 Å². The SMILES string of the molecule is Cc1nc(CC(C)C)nc(C)c1C1CCCN1. The van der Waals surface area contributed by atoms with E-state index in [1.54, 1.807) is 0 Å². The lowest BCUT2D eigenvalue weighted by molar-refractivity contribution is 0.598. The molecule has 1 atom stereocenters. The van der Waals surface area contributed by atoms with E-state index in [1.165, 1.54) is 18.4 Å². The zero-order chi connectivity index (χ0) is 12.4. The lowest BCUT2D eigenvalue weighted by atomic mass is 10.0. The molecule has 1 aliphatic heterocycles. The van der Waals surface area contributed by atoms with Crippen molar-refractivity contribution in [1.29, 1.82) is 0 Å². The maximum atomic E-state index is 4.67. The summed E-state index contributed by atoms with van der Waals surface area (Å²) in [6, 6.07) is 0.475. The van der Waals surface area contributed by atoms with Gasteiger partial charge < -0.3 is 5.32 Å². The molecule has 0 aromatic carbocycles. The molecule has 1 saturated heterocycles. The maximum Gasteiger partial charge on any atom is 0.129 e. The third-order valence-electron chi connectivity index (χ3n) is 3.37. The molecular formula is C14H23N3. The zero-order valence-electron chi connectivity index (χ0n) is 11.4. The highest BCUT2D eigenvalue weighted by atomic mass is 15.0. The Bertz CT molecular complexity index is 369. The van der Waals surface area contributed by atoms with Gasteiger partial charge in [0.25, 0.3) is 0 Å². The van der Waals surface area contributed by atoms with Crippen LogP contribution in [0, 0.1) is 19.8 Å². The van der Waals surface area contributed by atoms with Gasteiger partial charge in [0.15, 0.2) is 0 Å². The van der Waals surface area contributed by atoms with Crippen LogP contribution in [0.4, 0.5) is 0 Å². The number of rotatable bonds is 3. The number of hydrogen-bond donors (Lipinski definition) is 1. The van der Waals surface area contributed by atoms with Crippen molar-refractivity contribution < 1.29 is 0 Å². The van der Waals surface area contributed by atoms with E-state index in [-0.39, 0.29) is 0 Å². The largest absolute Gasteiger partial charge is 0.310 e. The minimum absolute atomic E-state index is 0.475. The van der Waals surface area contributed by atoms with Crippen LogP contribution < -0.4 is 5.32 Å². The summed E-state index contributed by atoms with van der Waals surface area (Å²) in [6.07, 6.45) is 3.45. The number of nitrogens with one attached hydrogen (secondary N) is 1. The van der Waals surface area contributed by atoms with Crippen LogP contribution in [-0.4, -0.2) is 16.5 Å². The molecule has 0 aliphatic carbocycles. The van der Waals surface area contributed by atoms with Crippen molar-refractivity contribution in [2.45, 2.75) is 53.0 Å². The minimum atomic E-state index is 0.475. The molecule has 0 amide bonds. The number of aromatic nitrogens is 2. The minimum Gasteiger partial charge on any atom is -0.310 e. The molecule has 0 radical (unpaired) electrons. The molecule has 1 aliphatic rings. The van der Waals surface area contributed by atoms with Crippen LogP contribution in [0.2, 0.25) is 0 Å². The number of aryl methyl sites for hydroxylation is 2. The Kier molecular flexibility index (Phi) is 3.77. The van der Waals surface area contributed by atoms with Crippen molar-refractivity contribution in [2.24, 2.45) is 5.92 Å². The Morgan fingerprint density at radius 2 is 1.88 bits per heavy atom. The molecule has 2 heterocycles. The fraction of sp³-hybridized carbons (Fsp3) is 0.714. The van der Waals surface area contributed by atoms with Gasteiger partial charge >= 0.3 is 0 Å². The Hall–Kier alpha value is -0.960. The van der Waals surface area contributed by atoms with Gasteiger partial charge in [-0.3, -0.25) is 0 Å². The lowest BCUT2D eigenvalue weighted by Crippen LogP contribution is -2.18. The molecule has 3 heteroatoms. The van der Waals surface area contributed by atoms with Gasteiger partial charge in [-0.05, 0) is 39.2 Å². The summed E-state index contributed by atoms with van der Waals surface area (Å²) in [5.41, 5.74) is 3.65. The predicted molar refractivity (Wildman–Crippen MR) is 70.0 cm³/mol. The van der Waals surface area contributed by atoms with Gasteiger partial charge in [0, 0.05) is 29.4 Å². The van der Waals surface area contributed by atoms with E-state index in [0.29, 0.717) is 12.0 Å². The molecule has 0 spiro atoms. The van der Waals surface area contributed by atoms with Crippen molar-refractivity contribution in [1.82, 2.24) is 15.3 Å². The van der Waals surface area contributed by atoms with Crippen LogP contribution in [-0.2, 0) is 6.42 Å². The van der Waals surface area contributed by atoms with Gasteiger partial charge in [0.05, 0.1) is 0 Å². The Balaban J connectivity index is 2.28. The molecule has 1 aromatic heterocycles. The van der Waals surface area contributed by atoms with E-state index in [4.69, 9.17) is 0 Å². The molecule has 2 rings (SSSR count). The van der Waals surface area contributed by atoms with E-state index in [0.717, 1.165) is 30.2 Å². The fourth-order valence-corrected chi connectivity index (χ4v) is 2.69. The lowest BCUT2D eigenvalue weighted by Gasteiger charge is -2.17. The second kappa shape index (κ2) is 5.13. The first kappa shape index (κ1) is 12.5. The zero-order valence-corrected chi connectivity index (χ0v) is 11.4. The summed E-state index contributed by atoms with van der Waals surface area (Å²) in [6.45, 7) is 9.78. The van der Waals surface area contributed by atoms with Gasteiger partial charge in [-0.15, -0.1) is 0 Å². The first-order chi connectivity index (χ1) is 8.08. The van der Waals surface area contributed by atoms with E-state index in [2.05, 4.69) is 43.0 Å². The topological polar surface area (TPSA) is 37.8 Å². The molecule has 1 N–H and O–H groups in total. The quantitative estimate of drug-likeness (QED) is 0.872. The van der Waals surface area contributed by atoms with Crippen LogP contribution in [0.3, 0.4) is 0 Å². The average molecular weight is 233 g/mol. The van der Waals surface area contributed by atoms with Crippen LogP contribution >= 0.6 is 0 Å². The highest BCUT2D eigenvalue weighted by Gasteiger charge is 2.21. The summed E-state index contributed by atoms with van der Waals surface area (Å²) >= 11 is 0. The third-order valence-corrected chi connectivity index (χ3v) is 3.37. The van der Waals surface area contributed by atoms with Gasteiger partial charge in [-0.2, -0.15) is 0 Å². The molecule has 0 bridgehead atoms. The molecule has 3 nitrogen and oxygen atoms in total. The van der Waals surface area contributed by atoms with Crippen LogP contribution in [0.25, 0.3) is 0 Å². The Morgan fingerprint density at radius 1 is 1.24 bits per heavy atom. The van der Waals surface area contributed by atoms with Crippen molar-refractivity contribution in [2.75, 3.05) is 6.54 Å². The van der Waals surface area contributed by atoms with E-state index in [1.807, 2.05) is 0 Å². The Morgan fingerprint density at radius 3 is 2.35 bits per heavy atom. The summed E-state index contributed by atoms with van der Waals surface area (Å²) in [7, 11) is 0. The van der Waals surface area contributed by atoms with Crippen LogP contribution in [0.15, 0.2) is 0 Å². The van der Waals surface area contributed by atoms with Gasteiger partial charge in [-0.25, -0.2) is 9.97 Å². The van der Waals surface area contributed by atoms with Crippen molar-refractivity contribution in [3.63, 3.8) is 0 Å². The summed E-state index contributed by atoms with van der Waals surface area (Å²) < 4.78 is 0. The smallest absolute Gasteiger partial charge is 0.129 e. The van der Waals surface area contributed by atoms with Gasteiger partial charge in [-0.1, -0.05) is 13.8 Å². The number of nitrogens with zero attached hydrogens (tertiary/aromatic N) is 2. The standard InChI is InChI=1S/C14H23N3/c1-9(2)8-13-16-10(3)14(11(4)17-13)12-6-5-7-15-12/h9,12,15H,5-8H2,1-4H3. The second-order valence-corrected chi connectivity index (χ2v) is 5.47. The molecule has 1 fully saturated rings. The number of hydrogen-bond acceptors (Lipinski definition) is 3. The van der Waals surface area contributed by atoms with Gasteiger partial charge in [0.2, 0.25) is 0 Å². The summed E-state index contributed by atoms with van der Waals surface area (Å²) in [5.74, 6) is 1.61. The highest BCUT2D eigenvalue weighted by Crippen LogP contribution is 2.27. The molecule has 94 valence electrons. The highest BCUT2D eigenvalue weighted by molar-refractivity contribution is 5.28. The van der Waals surface area contributed by atoms with E-state index >= 15 is 0 Å². The maximum absolute atomic E-state index is 4.67. The monoisotopic (exact) mass is 233 g/mol. The van der Waals surface area contributed by atoms with Crippen molar-refractivity contribution in [3.05, 3.63) is 22.8 Å². The summed E-state index contributed by atoms with van der Waals surface area (Å²) in [5, 5.41) is 3.53. The average Bonchev–Trinajstić information content (AvgIpc) is 2.68. The van der Waals surface area contributed by atoms with Crippen molar-refractivity contribution >= 4 is 0 Å². The molecule has 0 saturated carbocycles. The summed E-state index contributed by atoms with van der Waals surface area (Å²) in [4.78, 5) is 9.34. The predicted octanol–water partition coefficient (Wildman–Crippen LogP) is 2.72. The first-order valence-electron chi connectivity index (χ1n) is 6.65. The molecule has 17 heavy (non-hydrogen) atoms. The second-order valence-electron chi connectivity index (χ2n) is 5.47. The molecule has 1 unspecified atom stereocenters. The van der Waals surface area contributed by atoms with E-state index in [9.17, 15) is 0 Å². The van der Waals surface area contributed by atoms with Crippen LogP contribution in [0.5, 0.6) is 0 Å². The first-order valence-corrected chi connectivity index (χ1v) is 6.65. The Labute approximate surface area is 104 Å². The van der Waals surface area contributed by atoms with Gasteiger partial charge in [0.1, 0.15) is 5.82 Å². The molecule has 1 aromatic rings. The van der Waals surface area contributed by atoms with E-state index < -0.39 is 0 Å². The fourth-order valence-electron chi connectivity index (χ4n) is 2.69. The molecular weight excluding hydrogens is 210 g/mol.